The van der Waals surface area contributed by atoms with E-state index >= 15 is 0 Å². The molecule has 3 aromatic rings. The molecule has 4 N–H and O–H groups in total. The molecule has 4 rings (SSSR count). The molecule has 33 heavy (non-hydrogen) atoms. The van der Waals surface area contributed by atoms with Crippen molar-refractivity contribution < 1.29 is 4.79 Å². The molecule has 0 unspecified atom stereocenters. The molecule has 1 saturated heterocycles. The second kappa shape index (κ2) is 9.19. The van der Waals surface area contributed by atoms with Crippen molar-refractivity contribution in [2.45, 2.75) is 58.0 Å². The summed E-state index contributed by atoms with van der Waals surface area (Å²) in [6, 6.07) is 7.66. The molecule has 1 fully saturated rings. The van der Waals surface area contributed by atoms with Gasteiger partial charge in [-0.15, -0.1) is 0 Å². The summed E-state index contributed by atoms with van der Waals surface area (Å²) in [7, 11) is 0. The van der Waals surface area contributed by atoms with Crippen LogP contribution in [0.15, 0.2) is 43.1 Å². The fourth-order valence-corrected chi connectivity index (χ4v) is 3.88. The van der Waals surface area contributed by atoms with E-state index in [9.17, 15) is 4.79 Å². The summed E-state index contributed by atoms with van der Waals surface area (Å²) in [5.74, 6) is 1.12. The standard InChI is InChI=1S/C24H32N8O/c1-6-20(33)27-16-8-7-9-17(12-16)29-23-31-22(28-18-10-11-24(4,5)25-13-18)30-21-19(15(2)3)14-26-32(21)23/h6-9,12,14-15,18,25H,1,10-11,13H2,2-5H3,(H,27,33)(H2,28,29,30,31)/t18-/m0/s1. The Morgan fingerprint density at radius 1 is 1.30 bits per heavy atom. The maximum atomic E-state index is 11.7. The second-order valence-corrected chi connectivity index (χ2v) is 9.40. The molecule has 3 heterocycles. The molecule has 1 aliphatic rings. The first-order valence-corrected chi connectivity index (χ1v) is 11.3. The van der Waals surface area contributed by atoms with Crippen molar-refractivity contribution in [3.8, 4) is 0 Å². The number of fused-ring (bicyclic) bond motifs is 1. The highest BCUT2D eigenvalue weighted by Crippen LogP contribution is 2.26. The highest BCUT2D eigenvalue weighted by molar-refractivity contribution is 5.99. The molecule has 174 valence electrons. The fourth-order valence-electron chi connectivity index (χ4n) is 3.88. The zero-order valence-corrected chi connectivity index (χ0v) is 19.6. The summed E-state index contributed by atoms with van der Waals surface area (Å²) < 4.78 is 1.72. The number of hydrogen-bond donors (Lipinski definition) is 4. The zero-order chi connectivity index (χ0) is 23.6. The summed E-state index contributed by atoms with van der Waals surface area (Å²) in [4.78, 5) is 21.2. The van der Waals surface area contributed by atoms with E-state index in [1.807, 2.05) is 30.5 Å². The van der Waals surface area contributed by atoms with Crippen LogP contribution in [0.2, 0.25) is 0 Å². The van der Waals surface area contributed by atoms with Crippen LogP contribution in [0.25, 0.3) is 5.65 Å². The lowest BCUT2D eigenvalue weighted by molar-refractivity contribution is -0.111. The molecule has 0 spiro atoms. The van der Waals surface area contributed by atoms with Crippen molar-refractivity contribution >= 4 is 34.8 Å². The van der Waals surface area contributed by atoms with Crippen molar-refractivity contribution in [2.75, 3.05) is 22.5 Å². The highest BCUT2D eigenvalue weighted by Gasteiger charge is 2.27. The van der Waals surface area contributed by atoms with E-state index in [-0.39, 0.29) is 23.4 Å². The van der Waals surface area contributed by atoms with E-state index in [0.717, 1.165) is 36.3 Å². The minimum Gasteiger partial charge on any atom is -0.350 e. The van der Waals surface area contributed by atoms with Crippen LogP contribution in [0.3, 0.4) is 0 Å². The van der Waals surface area contributed by atoms with E-state index in [0.29, 0.717) is 17.6 Å². The van der Waals surface area contributed by atoms with Crippen LogP contribution < -0.4 is 21.3 Å². The number of benzene rings is 1. The lowest BCUT2D eigenvalue weighted by Crippen LogP contribution is -2.50. The number of rotatable bonds is 7. The third kappa shape index (κ3) is 5.31. The van der Waals surface area contributed by atoms with Gasteiger partial charge in [-0.05, 0) is 56.9 Å². The fraction of sp³-hybridized carbons (Fsp3) is 0.417. The van der Waals surface area contributed by atoms with Gasteiger partial charge in [-0.1, -0.05) is 26.5 Å². The number of hydrogen-bond acceptors (Lipinski definition) is 7. The minimum atomic E-state index is -0.263. The number of nitrogens with one attached hydrogen (secondary N) is 4. The summed E-state index contributed by atoms with van der Waals surface area (Å²) in [5.41, 5.74) is 3.40. The van der Waals surface area contributed by atoms with Crippen LogP contribution in [0, 0.1) is 0 Å². The van der Waals surface area contributed by atoms with Gasteiger partial charge in [-0.3, -0.25) is 4.79 Å². The van der Waals surface area contributed by atoms with Gasteiger partial charge >= 0.3 is 0 Å². The van der Waals surface area contributed by atoms with Gasteiger partial charge in [0.15, 0.2) is 5.65 Å². The van der Waals surface area contributed by atoms with E-state index in [4.69, 9.17) is 9.97 Å². The number of carbonyl (C=O) groups excluding carboxylic acids is 1. The molecule has 1 atom stereocenters. The monoisotopic (exact) mass is 448 g/mol. The van der Waals surface area contributed by atoms with Gasteiger partial charge in [0.2, 0.25) is 17.8 Å². The predicted octanol–water partition coefficient (Wildman–Crippen LogP) is 4.06. The number of carbonyl (C=O) groups is 1. The Morgan fingerprint density at radius 2 is 2.09 bits per heavy atom. The first kappa shape index (κ1) is 22.7. The van der Waals surface area contributed by atoms with Gasteiger partial charge in [-0.25, -0.2) is 0 Å². The molecule has 1 aliphatic heterocycles. The van der Waals surface area contributed by atoms with Gasteiger partial charge in [-0.2, -0.15) is 19.6 Å². The predicted molar refractivity (Wildman–Crippen MR) is 132 cm³/mol. The second-order valence-electron chi connectivity index (χ2n) is 9.40. The van der Waals surface area contributed by atoms with Crippen LogP contribution in [0.5, 0.6) is 0 Å². The Kier molecular flexibility index (Phi) is 6.33. The Hall–Kier alpha value is -3.46. The molecule has 0 aliphatic carbocycles. The van der Waals surface area contributed by atoms with Crippen LogP contribution in [-0.4, -0.2) is 43.6 Å². The van der Waals surface area contributed by atoms with Crippen molar-refractivity contribution in [1.82, 2.24) is 24.9 Å². The van der Waals surface area contributed by atoms with E-state index in [1.54, 1.807) is 4.52 Å². The average molecular weight is 449 g/mol. The van der Waals surface area contributed by atoms with Crippen molar-refractivity contribution in [3.05, 3.63) is 48.7 Å². The first-order chi connectivity index (χ1) is 15.7. The average Bonchev–Trinajstić information content (AvgIpc) is 3.20. The van der Waals surface area contributed by atoms with Gasteiger partial charge in [0.25, 0.3) is 0 Å². The van der Waals surface area contributed by atoms with Gasteiger partial charge in [0.05, 0.1) is 6.20 Å². The van der Waals surface area contributed by atoms with Crippen molar-refractivity contribution in [2.24, 2.45) is 0 Å². The smallest absolute Gasteiger partial charge is 0.247 e. The van der Waals surface area contributed by atoms with E-state index in [1.165, 1.54) is 6.08 Å². The molecular weight excluding hydrogens is 416 g/mol. The number of amides is 1. The van der Waals surface area contributed by atoms with Crippen LogP contribution in [-0.2, 0) is 4.79 Å². The van der Waals surface area contributed by atoms with Crippen molar-refractivity contribution in [1.29, 1.82) is 0 Å². The quantitative estimate of drug-likeness (QED) is 0.404. The van der Waals surface area contributed by atoms with Crippen LogP contribution in [0.4, 0.5) is 23.3 Å². The minimum absolute atomic E-state index is 0.151. The number of piperidine rings is 1. The summed E-state index contributed by atoms with van der Waals surface area (Å²) >= 11 is 0. The molecule has 0 radical (unpaired) electrons. The SMILES string of the molecule is C=CC(=O)Nc1cccc(Nc2nc(N[C@H]3CCC(C)(C)NC3)nc3c(C(C)C)cnn23)c1. The maximum Gasteiger partial charge on any atom is 0.247 e. The van der Waals surface area contributed by atoms with E-state index in [2.05, 4.69) is 60.6 Å². The molecule has 0 saturated carbocycles. The number of aromatic nitrogens is 4. The lowest BCUT2D eigenvalue weighted by Gasteiger charge is -2.36. The molecule has 0 bridgehead atoms. The van der Waals surface area contributed by atoms with Gasteiger partial charge in [0, 0.05) is 35.1 Å². The van der Waals surface area contributed by atoms with Crippen LogP contribution >= 0.6 is 0 Å². The molecule has 9 nitrogen and oxygen atoms in total. The largest absolute Gasteiger partial charge is 0.350 e. The van der Waals surface area contributed by atoms with Crippen LogP contribution in [0.1, 0.15) is 52.0 Å². The molecule has 1 aromatic carbocycles. The third-order valence-corrected chi connectivity index (χ3v) is 5.87. The molecule has 9 heteroatoms. The molecule has 2 aromatic heterocycles. The Morgan fingerprint density at radius 3 is 2.79 bits per heavy atom. The van der Waals surface area contributed by atoms with E-state index < -0.39 is 0 Å². The third-order valence-electron chi connectivity index (χ3n) is 5.87. The Bertz CT molecular complexity index is 1160. The summed E-state index contributed by atoms with van der Waals surface area (Å²) in [6.07, 6.45) is 5.20. The lowest BCUT2D eigenvalue weighted by atomic mass is 9.91. The summed E-state index contributed by atoms with van der Waals surface area (Å²) in [6.45, 7) is 13.0. The first-order valence-electron chi connectivity index (χ1n) is 11.3. The normalized spacial score (nSPS) is 17.7. The topological polar surface area (TPSA) is 108 Å². The molecular formula is C24H32N8O. The zero-order valence-electron chi connectivity index (χ0n) is 19.6. The van der Waals surface area contributed by atoms with Gasteiger partial charge in [0.1, 0.15) is 0 Å². The summed E-state index contributed by atoms with van der Waals surface area (Å²) in [5, 5.41) is 17.7. The Balaban J connectivity index is 1.65. The van der Waals surface area contributed by atoms with Gasteiger partial charge < -0.3 is 21.3 Å². The number of anilines is 4. The highest BCUT2D eigenvalue weighted by atomic mass is 16.1. The van der Waals surface area contributed by atoms with Crippen molar-refractivity contribution in [3.63, 3.8) is 0 Å². The Labute approximate surface area is 194 Å². The number of nitrogens with zero attached hydrogens (tertiary/aromatic N) is 4. The molecule has 1 amide bonds. The maximum absolute atomic E-state index is 11.7.